The van der Waals surface area contributed by atoms with Crippen LogP contribution >= 0.6 is 0 Å². The zero-order valence-corrected chi connectivity index (χ0v) is 17.5. The van der Waals surface area contributed by atoms with Gasteiger partial charge in [0, 0.05) is 6.20 Å². The van der Waals surface area contributed by atoms with Crippen LogP contribution in [0.1, 0.15) is 11.3 Å². The van der Waals surface area contributed by atoms with Gasteiger partial charge in [-0.3, -0.25) is 9.29 Å². The average molecular weight is 490 g/mol. The van der Waals surface area contributed by atoms with E-state index < -0.39 is 40.2 Å². The van der Waals surface area contributed by atoms with Gasteiger partial charge in [-0.05, 0) is 54.6 Å². The molecule has 0 saturated carbocycles. The van der Waals surface area contributed by atoms with Gasteiger partial charge in [-0.1, -0.05) is 12.1 Å². The second kappa shape index (κ2) is 9.30. The third-order valence-corrected chi connectivity index (χ3v) is 5.94. The van der Waals surface area contributed by atoms with Crippen molar-refractivity contribution in [3.8, 4) is 11.5 Å². The summed E-state index contributed by atoms with van der Waals surface area (Å²) < 4.78 is 108. The fraction of sp³-hybridized carbons (Fsp3) is 0.190. The zero-order valence-electron chi connectivity index (χ0n) is 16.6. The quantitative estimate of drug-likeness (QED) is 0.394. The largest absolute Gasteiger partial charge is 0.457 e. The molecule has 0 aliphatic heterocycles. The van der Waals surface area contributed by atoms with Crippen molar-refractivity contribution in [3.05, 3.63) is 84.2 Å². The number of pyridine rings is 1. The van der Waals surface area contributed by atoms with Gasteiger partial charge in [0.15, 0.2) is 5.75 Å². The van der Waals surface area contributed by atoms with Gasteiger partial charge >= 0.3 is 12.4 Å². The molecule has 0 radical (unpaired) electrons. The maximum Gasteiger partial charge on any atom is 0.416 e. The van der Waals surface area contributed by atoms with Gasteiger partial charge in [-0.25, -0.2) is 8.42 Å². The van der Waals surface area contributed by atoms with Crippen LogP contribution in [0.2, 0.25) is 0 Å². The summed E-state index contributed by atoms with van der Waals surface area (Å²) in [6.45, 7) is -0.451. The summed E-state index contributed by atoms with van der Waals surface area (Å²) in [6, 6.07) is 13.6. The number of anilines is 1. The van der Waals surface area contributed by atoms with Crippen LogP contribution in [-0.4, -0.2) is 25.3 Å². The van der Waals surface area contributed by atoms with Crippen molar-refractivity contribution >= 4 is 15.7 Å². The second-order valence-electron chi connectivity index (χ2n) is 6.82. The molecule has 3 aromatic rings. The summed E-state index contributed by atoms with van der Waals surface area (Å²) in [5.41, 5.74) is -0.801. The van der Waals surface area contributed by atoms with Crippen molar-refractivity contribution in [2.75, 3.05) is 10.1 Å². The van der Waals surface area contributed by atoms with Gasteiger partial charge in [0.25, 0.3) is 0 Å². The third-order valence-electron chi connectivity index (χ3n) is 4.24. The van der Waals surface area contributed by atoms with E-state index >= 15 is 0 Å². The molecule has 33 heavy (non-hydrogen) atoms. The maximum atomic E-state index is 12.9. The third kappa shape index (κ3) is 6.85. The minimum absolute atomic E-state index is 0.0593. The highest BCUT2D eigenvalue weighted by molar-refractivity contribution is 7.92. The maximum absolute atomic E-state index is 12.9. The molecule has 0 spiro atoms. The molecule has 0 unspecified atom stereocenters. The lowest BCUT2D eigenvalue weighted by Crippen LogP contribution is -2.37. The highest BCUT2D eigenvalue weighted by atomic mass is 32.2. The van der Waals surface area contributed by atoms with Gasteiger partial charge in [0.1, 0.15) is 11.5 Å². The topological polar surface area (TPSA) is 59.5 Å². The lowest BCUT2D eigenvalue weighted by atomic mass is 10.2. The van der Waals surface area contributed by atoms with Gasteiger partial charge in [0.05, 0.1) is 23.5 Å². The first-order valence-electron chi connectivity index (χ1n) is 9.26. The van der Waals surface area contributed by atoms with Crippen LogP contribution in [0.25, 0.3) is 0 Å². The van der Waals surface area contributed by atoms with Gasteiger partial charge < -0.3 is 4.74 Å². The molecule has 0 N–H and O–H groups in total. The molecule has 0 bridgehead atoms. The minimum Gasteiger partial charge on any atom is -0.457 e. The first-order valence-corrected chi connectivity index (χ1v) is 10.9. The molecule has 3 rings (SSSR count). The van der Waals surface area contributed by atoms with Crippen LogP contribution < -0.4 is 9.04 Å². The average Bonchev–Trinajstić information content (AvgIpc) is 2.71. The number of nitrogens with zero attached hydrogens (tertiary/aromatic N) is 2. The Kier molecular flexibility index (Phi) is 6.86. The van der Waals surface area contributed by atoms with Crippen molar-refractivity contribution in [1.29, 1.82) is 0 Å². The summed E-state index contributed by atoms with van der Waals surface area (Å²) in [4.78, 5) is 3.95. The molecule has 1 aromatic heterocycles. The number of hydrogen-bond donors (Lipinski definition) is 0. The van der Waals surface area contributed by atoms with Crippen molar-refractivity contribution < 1.29 is 39.5 Å². The lowest BCUT2D eigenvalue weighted by Gasteiger charge is -2.25. The van der Waals surface area contributed by atoms with E-state index in [0.717, 1.165) is 18.2 Å². The van der Waals surface area contributed by atoms with Gasteiger partial charge in [-0.2, -0.15) is 26.3 Å². The van der Waals surface area contributed by atoms with Crippen LogP contribution in [0.4, 0.5) is 32.0 Å². The normalized spacial score (nSPS) is 12.4. The van der Waals surface area contributed by atoms with Crippen molar-refractivity contribution in [1.82, 2.24) is 4.98 Å². The smallest absolute Gasteiger partial charge is 0.416 e. The number of aromatic nitrogens is 1. The highest BCUT2D eigenvalue weighted by Gasteiger charge is 2.39. The Balaban J connectivity index is 1.88. The summed E-state index contributed by atoms with van der Waals surface area (Å²) in [5, 5.41) is 0. The first-order chi connectivity index (χ1) is 15.3. The van der Waals surface area contributed by atoms with E-state index in [2.05, 4.69) is 4.98 Å². The molecule has 12 heteroatoms. The number of alkyl halides is 6. The molecule has 0 atom stereocenters. The SMILES string of the molecule is O=S(=O)(CC(F)(F)F)N(Cc1ccccn1)c1ccc(Oc2cccc(C(F)(F)F)c2)cc1. The minimum atomic E-state index is -4.96. The van der Waals surface area contributed by atoms with Crippen molar-refractivity contribution in [2.24, 2.45) is 0 Å². The van der Waals surface area contributed by atoms with E-state index in [1.807, 2.05) is 0 Å². The van der Waals surface area contributed by atoms with Crippen LogP contribution in [0.5, 0.6) is 11.5 Å². The first kappa shape index (κ1) is 24.4. The van der Waals surface area contributed by atoms with Crippen molar-refractivity contribution in [2.45, 2.75) is 18.9 Å². The molecule has 0 amide bonds. The fourth-order valence-corrected chi connectivity index (χ4v) is 4.17. The van der Waals surface area contributed by atoms with Crippen LogP contribution in [0.3, 0.4) is 0 Å². The van der Waals surface area contributed by atoms with Crippen LogP contribution in [-0.2, 0) is 22.7 Å². The van der Waals surface area contributed by atoms with E-state index in [9.17, 15) is 34.8 Å². The van der Waals surface area contributed by atoms with Crippen LogP contribution in [0, 0.1) is 0 Å². The number of rotatable bonds is 7. The second-order valence-corrected chi connectivity index (χ2v) is 8.71. The predicted octanol–water partition coefficient (Wildman–Crippen LogP) is 5.79. The van der Waals surface area contributed by atoms with Gasteiger partial charge in [0.2, 0.25) is 10.0 Å². The Morgan fingerprint density at radius 1 is 0.848 bits per heavy atom. The molecule has 0 aliphatic carbocycles. The van der Waals surface area contributed by atoms with Gasteiger partial charge in [-0.15, -0.1) is 0 Å². The predicted molar refractivity (Wildman–Crippen MR) is 108 cm³/mol. The summed E-state index contributed by atoms with van der Waals surface area (Å²) in [5.74, 6) is -2.13. The number of hydrogen-bond acceptors (Lipinski definition) is 4. The summed E-state index contributed by atoms with van der Waals surface area (Å²) >= 11 is 0. The number of sulfonamides is 1. The number of ether oxygens (including phenoxy) is 1. The monoisotopic (exact) mass is 490 g/mol. The van der Waals surface area contributed by atoms with E-state index in [4.69, 9.17) is 4.74 Å². The van der Waals surface area contributed by atoms with E-state index in [1.165, 1.54) is 42.6 Å². The summed E-state index contributed by atoms with van der Waals surface area (Å²) in [7, 11) is -4.82. The van der Waals surface area contributed by atoms with E-state index in [-0.39, 0.29) is 22.9 Å². The fourth-order valence-electron chi connectivity index (χ4n) is 2.83. The Morgan fingerprint density at radius 2 is 1.55 bits per heavy atom. The highest BCUT2D eigenvalue weighted by Crippen LogP contribution is 2.33. The lowest BCUT2D eigenvalue weighted by molar-refractivity contribution is -0.137. The molecule has 2 aromatic carbocycles. The molecular weight excluding hydrogens is 474 g/mol. The molecule has 1 heterocycles. The van der Waals surface area contributed by atoms with Crippen molar-refractivity contribution in [3.63, 3.8) is 0 Å². The Bertz CT molecular complexity index is 1180. The summed E-state index contributed by atoms with van der Waals surface area (Å²) in [6.07, 6.45) is -8.16. The molecule has 0 aliphatic rings. The molecule has 0 fully saturated rings. The molecular formula is C21H16F6N2O3S. The molecule has 176 valence electrons. The Labute approximate surface area is 185 Å². The van der Waals surface area contributed by atoms with E-state index in [0.29, 0.717) is 4.31 Å². The zero-order chi connectivity index (χ0) is 24.3. The van der Waals surface area contributed by atoms with Crippen LogP contribution in [0.15, 0.2) is 72.9 Å². The Hall–Kier alpha value is -3.28. The standard InChI is InChI=1S/C21H16F6N2O3S/c22-20(23,24)14-33(30,31)29(13-16-5-1-2-11-28-16)17-7-9-18(10-8-17)32-19-6-3-4-15(12-19)21(25,26)27/h1-12H,13-14H2. The number of halogens is 6. The molecule has 0 saturated heterocycles. The van der Waals surface area contributed by atoms with E-state index in [1.54, 1.807) is 12.1 Å². The number of benzene rings is 2. The Morgan fingerprint density at radius 3 is 2.12 bits per heavy atom. The molecule has 5 nitrogen and oxygen atoms in total.